The molecule has 0 aliphatic carbocycles. The Kier molecular flexibility index (Phi) is 11.9. The van der Waals surface area contributed by atoms with Gasteiger partial charge in [0, 0.05) is 39.8 Å². The smallest absolute Gasteiger partial charge is 0.234 e. The summed E-state index contributed by atoms with van der Waals surface area (Å²) in [5.41, 5.74) is 0. The average molecular weight is 276 g/mol. The van der Waals surface area contributed by atoms with E-state index in [9.17, 15) is 4.79 Å². The lowest BCUT2D eigenvalue weighted by molar-refractivity contribution is -0.142. The fourth-order valence-electron chi connectivity index (χ4n) is 1.58. The molecule has 0 radical (unpaired) electrons. The maximum Gasteiger partial charge on any atom is 0.234 e. The molecule has 0 bridgehead atoms. The largest absolute Gasteiger partial charge is 0.383 e. The number of amides is 1. The minimum absolute atomic E-state index is 0.00363. The lowest BCUT2D eigenvalue weighted by atomic mass is 10.3. The van der Waals surface area contributed by atoms with E-state index in [0.29, 0.717) is 32.9 Å². The minimum Gasteiger partial charge on any atom is -0.383 e. The summed E-state index contributed by atoms with van der Waals surface area (Å²) in [4.78, 5) is 13.5. The van der Waals surface area contributed by atoms with Crippen molar-refractivity contribution < 1.29 is 19.0 Å². The van der Waals surface area contributed by atoms with E-state index in [2.05, 4.69) is 5.32 Å². The van der Waals surface area contributed by atoms with Crippen LogP contribution in [-0.2, 0) is 19.0 Å². The Bertz CT molecular complexity index is 221. The zero-order chi connectivity index (χ0) is 14.5. The monoisotopic (exact) mass is 276 g/mol. The maximum atomic E-state index is 11.6. The number of likely N-dealkylation sites (N-methyl/N-ethyl adjacent to an activating group) is 1. The average Bonchev–Trinajstić information content (AvgIpc) is 2.37. The molecule has 19 heavy (non-hydrogen) atoms. The third-order valence-corrected chi connectivity index (χ3v) is 2.49. The topological polar surface area (TPSA) is 60.0 Å². The van der Waals surface area contributed by atoms with Crippen molar-refractivity contribution in [1.29, 1.82) is 0 Å². The quantitative estimate of drug-likeness (QED) is 0.415. The fraction of sp³-hybridized carbons (Fsp3) is 0.923. The van der Waals surface area contributed by atoms with E-state index in [4.69, 9.17) is 14.2 Å². The standard InChI is InChI=1S/C13H28N2O4/c1-5-18-13(19-6-2)7-9-15(3)11-12(16)14-8-10-17-4/h13H,5-11H2,1-4H3,(H,14,16). The summed E-state index contributed by atoms with van der Waals surface area (Å²) in [6.45, 7) is 7.35. The second-order valence-electron chi connectivity index (χ2n) is 4.21. The molecule has 0 aromatic heterocycles. The zero-order valence-electron chi connectivity index (χ0n) is 12.6. The van der Waals surface area contributed by atoms with Crippen LogP contribution >= 0.6 is 0 Å². The van der Waals surface area contributed by atoms with Crippen molar-refractivity contribution >= 4 is 5.91 Å². The third-order valence-electron chi connectivity index (χ3n) is 2.49. The third kappa shape index (κ3) is 10.9. The molecule has 114 valence electrons. The first-order valence-corrected chi connectivity index (χ1v) is 6.81. The van der Waals surface area contributed by atoms with Crippen molar-refractivity contribution in [1.82, 2.24) is 10.2 Å². The van der Waals surface area contributed by atoms with Gasteiger partial charge in [-0.25, -0.2) is 0 Å². The van der Waals surface area contributed by atoms with E-state index >= 15 is 0 Å². The number of hydrogen-bond donors (Lipinski definition) is 1. The summed E-state index contributed by atoms with van der Waals surface area (Å²) in [6, 6.07) is 0. The number of carbonyl (C=O) groups excluding carboxylic acids is 1. The van der Waals surface area contributed by atoms with Crippen molar-refractivity contribution in [3.05, 3.63) is 0 Å². The van der Waals surface area contributed by atoms with Crippen LogP contribution in [0.4, 0.5) is 0 Å². The van der Waals surface area contributed by atoms with Gasteiger partial charge in [-0.05, 0) is 20.9 Å². The summed E-state index contributed by atoms with van der Waals surface area (Å²) in [5, 5.41) is 2.78. The van der Waals surface area contributed by atoms with Crippen LogP contribution in [-0.4, -0.2) is 70.7 Å². The van der Waals surface area contributed by atoms with Gasteiger partial charge in [-0.1, -0.05) is 0 Å². The van der Waals surface area contributed by atoms with Crippen molar-refractivity contribution in [2.45, 2.75) is 26.6 Å². The Labute approximate surface area is 116 Å². The van der Waals surface area contributed by atoms with Gasteiger partial charge >= 0.3 is 0 Å². The number of nitrogens with zero attached hydrogens (tertiary/aromatic N) is 1. The highest BCUT2D eigenvalue weighted by atomic mass is 16.7. The van der Waals surface area contributed by atoms with Crippen LogP contribution in [0.5, 0.6) is 0 Å². The molecule has 1 N–H and O–H groups in total. The molecule has 6 nitrogen and oxygen atoms in total. The molecule has 0 heterocycles. The van der Waals surface area contributed by atoms with Crippen molar-refractivity contribution in [3.63, 3.8) is 0 Å². The number of carbonyl (C=O) groups is 1. The molecule has 0 aliphatic rings. The van der Waals surface area contributed by atoms with E-state index < -0.39 is 0 Å². The van der Waals surface area contributed by atoms with Crippen LogP contribution in [0.2, 0.25) is 0 Å². The van der Waals surface area contributed by atoms with E-state index in [-0.39, 0.29) is 12.2 Å². The molecule has 0 saturated carbocycles. The lowest BCUT2D eigenvalue weighted by Crippen LogP contribution is -2.38. The summed E-state index contributed by atoms with van der Waals surface area (Å²) in [6.07, 6.45) is 0.567. The van der Waals surface area contributed by atoms with Crippen LogP contribution in [0.25, 0.3) is 0 Å². The predicted octanol–water partition coefficient (Wildman–Crippen LogP) is 0.470. The first kappa shape index (κ1) is 18.3. The number of rotatable bonds is 12. The van der Waals surface area contributed by atoms with Gasteiger partial charge in [0.15, 0.2) is 6.29 Å². The molecule has 0 aliphatic heterocycles. The van der Waals surface area contributed by atoms with Crippen LogP contribution in [0.1, 0.15) is 20.3 Å². The van der Waals surface area contributed by atoms with Gasteiger partial charge in [-0.3, -0.25) is 9.69 Å². The number of hydrogen-bond acceptors (Lipinski definition) is 5. The Morgan fingerprint density at radius 1 is 1.26 bits per heavy atom. The van der Waals surface area contributed by atoms with Crippen LogP contribution in [0.3, 0.4) is 0 Å². The maximum absolute atomic E-state index is 11.6. The molecule has 1 amide bonds. The first-order valence-electron chi connectivity index (χ1n) is 6.81. The predicted molar refractivity (Wildman–Crippen MR) is 74.0 cm³/mol. The lowest BCUT2D eigenvalue weighted by Gasteiger charge is -2.21. The van der Waals surface area contributed by atoms with Crippen molar-refractivity contribution in [3.8, 4) is 0 Å². The number of nitrogens with one attached hydrogen (secondary N) is 1. The Balaban J connectivity index is 3.76. The fourth-order valence-corrected chi connectivity index (χ4v) is 1.58. The first-order chi connectivity index (χ1) is 9.13. The molecule has 0 aromatic carbocycles. The Morgan fingerprint density at radius 2 is 1.89 bits per heavy atom. The van der Waals surface area contributed by atoms with E-state index in [0.717, 1.165) is 13.0 Å². The molecule has 0 saturated heterocycles. The minimum atomic E-state index is -0.186. The second-order valence-corrected chi connectivity index (χ2v) is 4.21. The summed E-state index contributed by atoms with van der Waals surface area (Å²) in [7, 11) is 3.52. The summed E-state index contributed by atoms with van der Waals surface area (Å²) >= 11 is 0. The highest BCUT2D eigenvalue weighted by Gasteiger charge is 2.11. The highest BCUT2D eigenvalue weighted by molar-refractivity contribution is 5.77. The number of ether oxygens (including phenoxy) is 3. The summed E-state index contributed by atoms with van der Waals surface area (Å²) in [5.74, 6) is 0.00363. The van der Waals surface area contributed by atoms with Gasteiger partial charge in [0.05, 0.1) is 13.2 Å². The molecular formula is C13H28N2O4. The van der Waals surface area contributed by atoms with Gasteiger partial charge in [0.1, 0.15) is 0 Å². The Hall–Kier alpha value is -0.690. The molecule has 0 fully saturated rings. The zero-order valence-corrected chi connectivity index (χ0v) is 12.6. The van der Waals surface area contributed by atoms with Crippen LogP contribution < -0.4 is 5.32 Å². The normalized spacial score (nSPS) is 11.3. The highest BCUT2D eigenvalue weighted by Crippen LogP contribution is 2.02. The SMILES string of the molecule is CCOC(CCN(C)CC(=O)NCCOC)OCC. The van der Waals surface area contributed by atoms with Crippen molar-refractivity contribution in [2.75, 3.05) is 53.6 Å². The molecule has 0 rings (SSSR count). The van der Waals surface area contributed by atoms with E-state index in [1.807, 2.05) is 25.8 Å². The van der Waals surface area contributed by atoms with Gasteiger partial charge in [-0.15, -0.1) is 0 Å². The van der Waals surface area contributed by atoms with Crippen molar-refractivity contribution in [2.24, 2.45) is 0 Å². The van der Waals surface area contributed by atoms with Crippen LogP contribution in [0, 0.1) is 0 Å². The molecule has 6 heteroatoms. The van der Waals surface area contributed by atoms with Gasteiger partial charge in [0.25, 0.3) is 0 Å². The van der Waals surface area contributed by atoms with Crippen LogP contribution in [0.15, 0.2) is 0 Å². The van der Waals surface area contributed by atoms with Gasteiger partial charge in [-0.2, -0.15) is 0 Å². The molecule has 0 atom stereocenters. The van der Waals surface area contributed by atoms with Gasteiger partial charge < -0.3 is 19.5 Å². The summed E-state index contributed by atoms with van der Waals surface area (Å²) < 4.78 is 15.8. The molecule has 0 spiro atoms. The molecule has 0 aromatic rings. The second kappa shape index (κ2) is 12.3. The Morgan fingerprint density at radius 3 is 2.42 bits per heavy atom. The van der Waals surface area contributed by atoms with E-state index in [1.165, 1.54) is 0 Å². The van der Waals surface area contributed by atoms with E-state index in [1.54, 1.807) is 7.11 Å². The van der Waals surface area contributed by atoms with Gasteiger partial charge in [0.2, 0.25) is 5.91 Å². The number of methoxy groups -OCH3 is 1. The molecular weight excluding hydrogens is 248 g/mol. The molecule has 0 unspecified atom stereocenters.